The number of hydrogen-bond donors (Lipinski definition) is 0. The van der Waals surface area contributed by atoms with Crippen molar-refractivity contribution < 1.29 is 9.09 Å². The van der Waals surface area contributed by atoms with E-state index in [0.29, 0.717) is 6.61 Å². The molecule has 1 unspecified atom stereocenters. The lowest BCUT2D eigenvalue weighted by Crippen LogP contribution is -2.42. The summed E-state index contributed by atoms with van der Waals surface area (Å²) in [5.41, 5.74) is 2.54. The summed E-state index contributed by atoms with van der Waals surface area (Å²) in [4.78, 5) is 0. The van der Waals surface area contributed by atoms with Gasteiger partial charge in [-0.25, -0.2) is 0 Å². The Morgan fingerprint density at radius 3 is 2.37 bits per heavy atom. The molecule has 1 rings (SSSR count). The summed E-state index contributed by atoms with van der Waals surface area (Å²) >= 11 is 1.45. The normalized spacial score (nSPS) is 15.2. The van der Waals surface area contributed by atoms with Crippen LogP contribution >= 0.6 is 18.0 Å². The summed E-state index contributed by atoms with van der Waals surface area (Å²) in [6.45, 7) is 4.64. The maximum Gasteiger partial charge on any atom is 0.254 e. The van der Waals surface area contributed by atoms with Crippen LogP contribution in [0.25, 0.3) is 0 Å². The fourth-order valence-corrected chi connectivity index (χ4v) is 4.98. The molecule has 0 spiro atoms. The Morgan fingerprint density at radius 1 is 1.26 bits per heavy atom. The van der Waals surface area contributed by atoms with Crippen molar-refractivity contribution in [2.75, 3.05) is 39.7 Å². The molecule has 0 N–H and O–H groups in total. The molecule has 0 amide bonds. The molecule has 0 heterocycles. The Kier molecular flexibility index (Phi) is 6.13. The smallest absolute Gasteiger partial charge is 0.254 e. The first-order chi connectivity index (χ1) is 8.77. The van der Waals surface area contributed by atoms with Crippen LogP contribution in [-0.2, 0) is 9.09 Å². The van der Waals surface area contributed by atoms with E-state index in [4.69, 9.17) is 4.52 Å². The van der Waals surface area contributed by atoms with Crippen LogP contribution in [0.15, 0.2) is 24.3 Å². The zero-order valence-corrected chi connectivity index (χ0v) is 14.3. The van der Waals surface area contributed by atoms with Gasteiger partial charge in [-0.05, 0) is 26.0 Å². The van der Waals surface area contributed by atoms with Crippen LogP contribution in [0.2, 0.25) is 0 Å². The van der Waals surface area contributed by atoms with Crippen molar-refractivity contribution in [2.24, 2.45) is 0 Å². The van der Waals surface area contributed by atoms with E-state index in [1.54, 1.807) is 6.66 Å². The molecule has 0 saturated carbocycles. The molecule has 3 nitrogen and oxygen atoms in total. The molecule has 0 aliphatic heterocycles. The average Bonchev–Trinajstić information content (AvgIpc) is 2.28. The summed E-state index contributed by atoms with van der Waals surface area (Å²) in [6.07, 6.45) is 0. The van der Waals surface area contributed by atoms with E-state index in [0.717, 1.165) is 16.8 Å². The third-order valence-electron chi connectivity index (χ3n) is 3.07. The maximum atomic E-state index is 12.0. The molecule has 0 aromatic heterocycles. The topological polar surface area (TPSA) is 26.3 Å². The van der Waals surface area contributed by atoms with Crippen molar-refractivity contribution in [1.82, 2.24) is 4.48 Å². The second kappa shape index (κ2) is 6.94. The molecular weight excluding hydrogens is 277 g/mol. The lowest BCUT2D eigenvalue weighted by Gasteiger charge is -2.29. The number of rotatable bonds is 7. The van der Waals surface area contributed by atoms with Gasteiger partial charge in [0.05, 0.1) is 33.0 Å². The van der Waals surface area contributed by atoms with Crippen LogP contribution in [-0.4, -0.2) is 39.7 Å². The molecular formula is C14H25NO2PS+. The maximum absolute atomic E-state index is 12.0. The highest BCUT2D eigenvalue weighted by atomic mass is 32.7. The van der Waals surface area contributed by atoms with Crippen molar-refractivity contribution in [1.29, 1.82) is 0 Å². The minimum atomic E-state index is -2.47. The Labute approximate surface area is 121 Å². The summed E-state index contributed by atoms with van der Waals surface area (Å²) in [7, 11) is 4.35. The van der Waals surface area contributed by atoms with E-state index in [-0.39, 0.29) is 0 Å². The van der Waals surface area contributed by atoms with Gasteiger partial charge in [0.25, 0.3) is 6.57 Å². The van der Waals surface area contributed by atoms with Crippen molar-refractivity contribution in [3.63, 3.8) is 0 Å². The van der Waals surface area contributed by atoms with Gasteiger partial charge < -0.3 is 4.52 Å². The summed E-state index contributed by atoms with van der Waals surface area (Å²) in [6, 6.07) is 8.59. The highest BCUT2D eigenvalue weighted by Crippen LogP contribution is 2.55. The third kappa shape index (κ3) is 5.70. The quantitative estimate of drug-likeness (QED) is 0.559. The number of quaternary nitrogens is 1. The van der Waals surface area contributed by atoms with Crippen LogP contribution < -0.4 is 4.48 Å². The van der Waals surface area contributed by atoms with Gasteiger partial charge in [-0.1, -0.05) is 29.1 Å². The molecule has 0 fully saturated rings. The van der Waals surface area contributed by atoms with Crippen LogP contribution in [0.4, 0.5) is 5.69 Å². The first-order valence-electron chi connectivity index (χ1n) is 6.54. The molecule has 0 aliphatic carbocycles. The molecule has 19 heavy (non-hydrogen) atoms. The lowest BCUT2D eigenvalue weighted by molar-refractivity contribution is 0.349. The molecule has 0 aliphatic rings. The van der Waals surface area contributed by atoms with Crippen molar-refractivity contribution in [3.05, 3.63) is 29.8 Å². The van der Waals surface area contributed by atoms with E-state index >= 15 is 0 Å². The van der Waals surface area contributed by atoms with E-state index in [2.05, 4.69) is 45.3 Å². The SMILES string of the molecule is CCOP(C)(=O)SCC[N+](C)(C)c1ccc(C)cc1. The number of hydrogen-bond acceptors (Lipinski definition) is 3. The molecule has 1 aromatic carbocycles. The zero-order chi connectivity index (χ0) is 14.5. The molecule has 0 bridgehead atoms. The Hall–Kier alpha value is -0.280. The minimum Gasteiger partial charge on any atom is -0.322 e. The van der Waals surface area contributed by atoms with Crippen LogP contribution in [0.5, 0.6) is 0 Å². The Morgan fingerprint density at radius 2 is 1.84 bits per heavy atom. The second-order valence-electron chi connectivity index (χ2n) is 5.27. The van der Waals surface area contributed by atoms with Crippen LogP contribution in [0, 0.1) is 6.92 Å². The number of aryl methyl sites for hydroxylation is 1. The fourth-order valence-electron chi connectivity index (χ4n) is 1.78. The minimum absolute atomic E-state index is 0.511. The van der Waals surface area contributed by atoms with E-state index in [1.807, 2.05) is 6.92 Å². The monoisotopic (exact) mass is 302 g/mol. The van der Waals surface area contributed by atoms with E-state index < -0.39 is 6.57 Å². The van der Waals surface area contributed by atoms with Gasteiger partial charge in [0.15, 0.2) is 0 Å². The summed E-state index contributed by atoms with van der Waals surface area (Å²) in [5.74, 6) is 0.828. The van der Waals surface area contributed by atoms with Gasteiger partial charge in [-0.15, -0.1) is 0 Å². The number of benzene rings is 1. The standard InChI is InChI=1S/C14H25NO2PS/c1-6-17-18(5,16)19-12-11-15(3,4)14-9-7-13(2)8-10-14/h7-10H,6,11-12H2,1-5H3/q+1. The van der Waals surface area contributed by atoms with Gasteiger partial charge in [0.2, 0.25) is 0 Å². The first kappa shape index (κ1) is 16.8. The highest BCUT2D eigenvalue weighted by molar-refractivity contribution is 8.56. The zero-order valence-electron chi connectivity index (χ0n) is 12.5. The van der Waals surface area contributed by atoms with Gasteiger partial charge >= 0.3 is 0 Å². The Bertz CT molecular complexity index is 445. The van der Waals surface area contributed by atoms with Crippen LogP contribution in [0.3, 0.4) is 0 Å². The van der Waals surface area contributed by atoms with Crippen LogP contribution in [0.1, 0.15) is 12.5 Å². The van der Waals surface area contributed by atoms with E-state index in [9.17, 15) is 4.57 Å². The van der Waals surface area contributed by atoms with Crippen molar-refractivity contribution >= 4 is 23.6 Å². The van der Waals surface area contributed by atoms with Crippen molar-refractivity contribution in [3.8, 4) is 0 Å². The second-order valence-corrected chi connectivity index (χ2v) is 10.5. The summed E-state index contributed by atoms with van der Waals surface area (Å²) in [5, 5.41) is 0. The third-order valence-corrected chi connectivity index (χ3v) is 6.91. The van der Waals surface area contributed by atoms with Gasteiger partial charge in [0, 0.05) is 6.66 Å². The predicted molar refractivity (Wildman–Crippen MR) is 87.3 cm³/mol. The molecule has 1 atom stereocenters. The average molecular weight is 302 g/mol. The largest absolute Gasteiger partial charge is 0.322 e. The Balaban J connectivity index is 2.56. The predicted octanol–water partition coefficient (Wildman–Crippen LogP) is 4.15. The molecule has 5 heteroatoms. The number of nitrogens with zero attached hydrogens (tertiary/aromatic N) is 1. The molecule has 0 radical (unpaired) electrons. The first-order valence-corrected chi connectivity index (χ1v) is 10.2. The fraction of sp³-hybridized carbons (Fsp3) is 0.571. The highest BCUT2D eigenvalue weighted by Gasteiger charge is 2.22. The van der Waals surface area contributed by atoms with E-state index in [1.165, 1.54) is 22.6 Å². The van der Waals surface area contributed by atoms with Crippen molar-refractivity contribution in [2.45, 2.75) is 13.8 Å². The summed E-state index contributed by atoms with van der Waals surface area (Å²) < 4.78 is 18.1. The molecule has 1 aromatic rings. The lowest BCUT2D eigenvalue weighted by atomic mass is 10.2. The van der Waals surface area contributed by atoms with Gasteiger partial charge in [0.1, 0.15) is 5.69 Å². The molecule has 108 valence electrons. The van der Waals surface area contributed by atoms with Gasteiger partial charge in [-0.3, -0.25) is 9.05 Å². The van der Waals surface area contributed by atoms with Gasteiger partial charge in [-0.2, -0.15) is 0 Å². The molecule has 0 saturated heterocycles.